The van der Waals surface area contributed by atoms with Gasteiger partial charge in [0.25, 0.3) is 0 Å². The van der Waals surface area contributed by atoms with Crippen LogP contribution in [0.3, 0.4) is 0 Å². The highest BCUT2D eigenvalue weighted by Crippen LogP contribution is 2.58. The lowest BCUT2D eigenvalue weighted by Crippen LogP contribution is -2.57. The molecule has 4 nitrogen and oxygen atoms in total. The Kier molecular flexibility index (Phi) is 14.3. The first kappa shape index (κ1) is 30.0. The molecule has 33 heavy (non-hydrogen) atoms. The molecule has 0 amide bonds. The number of hydrogen-bond donors (Lipinski definition) is 2. The second-order valence-corrected chi connectivity index (χ2v) is 11.6. The molecule has 0 radical (unpaired) electrons. The van der Waals surface area contributed by atoms with Crippen molar-refractivity contribution >= 4 is 11.9 Å². The summed E-state index contributed by atoms with van der Waals surface area (Å²) in [6.45, 7) is 8.40. The van der Waals surface area contributed by atoms with Crippen molar-refractivity contribution in [1.29, 1.82) is 0 Å². The molecule has 1 aliphatic rings. The quantitative estimate of drug-likeness (QED) is 0.186. The summed E-state index contributed by atoms with van der Waals surface area (Å²) < 4.78 is 0. The fraction of sp³-hybridized carbons (Fsp3) is 0.931. The number of carbonyl (C=O) groups is 2. The van der Waals surface area contributed by atoms with Crippen LogP contribution in [-0.2, 0) is 9.59 Å². The lowest BCUT2D eigenvalue weighted by molar-refractivity contribution is -0.187. The third kappa shape index (κ3) is 8.91. The Labute approximate surface area is 204 Å². The van der Waals surface area contributed by atoms with E-state index in [9.17, 15) is 19.8 Å². The zero-order chi connectivity index (χ0) is 24.7. The average molecular weight is 467 g/mol. The fourth-order valence-corrected chi connectivity index (χ4v) is 6.37. The van der Waals surface area contributed by atoms with Crippen LogP contribution in [0.25, 0.3) is 0 Å². The van der Waals surface area contributed by atoms with Crippen LogP contribution in [0.15, 0.2) is 0 Å². The Morgan fingerprint density at radius 2 is 1.06 bits per heavy atom. The number of unbranched alkanes of at least 4 members (excludes halogenated alkanes) is 12. The maximum Gasteiger partial charge on any atom is 0.311 e. The molecule has 0 aliphatic heterocycles. The SMILES string of the molecule is CC(C)CCCCCCCCCCCCCCCC1(C(=O)O)CCCCC1(C(=O)O)C(C)C. The van der Waals surface area contributed by atoms with Crippen LogP contribution in [0, 0.1) is 22.7 Å². The average Bonchev–Trinajstić information content (AvgIpc) is 2.75. The monoisotopic (exact) mass is 466 g/mol. The molecule has 0 aromatic rings. The number of carboxylic acids is 2. The zero-order valence-corrected chi connectivity index (χ0v) is 22.3. The van der Waals surface area contributed by atoms with Gasteiger partial charge in [-0.05, 0) is 31.1 Å². The van der Waals surface area contributed by atoms with Gasteiger partial charge in [-0.25, -0.2) is 0 Å². The highest BCUT2D eigenvalue weighted by Gasteiger charge is 2.63. The molecule has 2 N–H and O–H groups in total. The minimum Gasteiger partial charge on any atom is -0.481 e. The van der Waals surface area contributed by atoms with Gasteiger partial charge in [0.2, 0.25) is 0 Å². The summed E-state index contributed by atoms with van der Waals surface area (Å²) in [4.78, 5) is 24.8. The topological polar surface area (TPSA) is 74.6 Å². The van der Waals surface area contributed by atoms with E-state index in [1.165, 1.54) is 70.6 Å². The van der Waals surface area contributed by atoms with Crippen LogP contribution in [-0.4, -0.2) is 22.2 Å². The van der Waals surface area contributed by atoms with Gasteiger partial charge in [-0.2, -0.15) is 0 Å². The van der Waals surface area contributed by atoms with Crippen molar-refractivity contribution in [3.8, 4) is 0 Å². The number of carboxylic acid groups (broad SMARTS) is 2. The number of aliphatic carboxylic acids is 2. The van der Waals surface area contributed by atoms with Crippen molar-refractivity contribution in [2.75, 3.05) is 0 Å². The first-order valence-electron chi connectivity index (χ1n) is 14.2. The standard InChI is InChI=1S/C29H54O4/c1-24(2)20-16-14-12-10-8-6-5-7-9-11-13-15-17-21-28(26(30)31)22-18-19-23-29(28,25(3)4)27(32)33/h24-25H,5-23H2,1-4H3,(H,30,31)(H,32,33). The van der Waals surface area contributed by atoms with E-state index < -0.39 is 22.8 Å². The maximum absolute atomic E-state index is 12.4. The predicted molar refractivity (Wildman–Crippen MR) is 138 cm³/mol. The Hall–Kier alpha value is -1.06. The van der Waals surface area contributed by atoms with Crippen molar-refractivity contribution in [2.24, 2.45) is 22.7 Å². The molecule has 0 aromatic carbocycles. The smallest absolute Gasteiger partial charge is 0.311 e. The van der Waals surface area contributed by atoms with E-state index in [0.29, 0.717) is 19.3 Å². The molecule has 4 heteroatoms. The van der Waals surface area contributed by atoms with Crippen molar-refractivity contribution < 1.29 is 19.8 Å². The summed E-state index contributed by atoms with van der Waals surface area (Å²) in [5.74, 6) is -1.13. The highest BCUT2D eigenvalue weighted by atomic mass is 16.4. The lowest BCUT2D eigenvalue weighted by atomic mass is 9.50. The molecule has 2 unspecified atom stereocenters. The Morgan fingerprint density at radius 3 is 1.45 bits per heavy atom. The number of hydrogen-bond acceptors (Lipinski definition) is 2. The molecule has 1 saturated carbocycles. The molecule has 194 valence electrons. The van der Waals surface area contributed by atoms with Crippen LogP contribution in [0.4, 0.5) is 0 Å². The lowest BCUT2D eigenvalue weighted by Gasteiger charge is -2.51. The van der Waals surface area contributed by atoms with Crippen LogP contribution < -0.4 is 0 Å². The van der Waals surface area contributed by atoms with E-state index in [1.54, 1.807) is 0 Å². The van der Waals surface area contributed by atoms with Gasteiger partial charge in [0.15, 0.2) is 0 Å². The van der Waals surface area contributed by atoms with Gasteiger partial charge >= 0.3 is 11.9 Å². The summed E-state index contributed by atoms with van der Waals surface area (Å²) in [6, 6.07) is 0. The van der Waals surface area contributed by atoms with E-state index in [2.05, 4.69) is 13.8 Å². The van der Waals surface area contributed by atoms with E-state index in [-0.39, 0.29) is 5.92 Å². The zero-order valence-electron chi connectivity index (χ0n) is 22.3. The Balaban J connectivity index is 2.23. The number of rotatable bonds is 19. The van der Waals surface area contributed by atoms with Gasteiger partial charge in [0.1, 0.15) is 0 Å². The molecule has 0 saturated heterocycles. The van der Waals surface area contributed by atoms with Crippen LogP contribution in [0.1, 0.15) is 150 Å². The highest BCUT2D eigenvalue weighted by molar-refractivity contribution is 5.87. The van der Waals surface area contributed by atoms with E-state index >= 15 is 0 Å². The molecular weight excluding hydrogens is 412 g/mol. The van der Waals surface area contributed by atoms with E-state index in [1.807, 2.05) is 13.8 Å². The Morgan fingerprint density at radius 1 is 0.636 bits per heavy atom. The summed E-state index contributed by atoms with van der Waals surface area (Å²) in [7, 11) is 0. The molecule has 0 bridgehead atoms. The first-order valence-corrected chi connectivity index (χ1v) is 14.2. The summed E-state index contributed by atoms with van der Waals surface area (Å²) >= 11 is 0. The summed E-state index contributed by atoms with van der Waals surface area (Å²) in [5, 5.41) is 20.3. The first-order chi connectivity index (χ1) is 15.7. The van der Waals surface area contributed by atoms with E-state index in [4.69, 9.17) is 0 Å². The van der Waals surface area contributed by atoms with Crippen molar-refractivity contribution in [3.05, 3.63) is 0 Å². The van der Waals surface area contributed by atoms with Crippen molar-refractivity contribution in [1.82, 2.24) is 0 Å². The van der Waals surface area contributed by atoms with Gasteiger partial charge in [-0.1, -0.05) is 130 Å². The molecule has 0 aromatic heterocycles. The second kappa shape index (κ2) is 15.8. The van der Waals surface area contributed by atoms with Crippen LogP contribution in [0.2, 0.25) is 0 Å². The minimum absolute atomic E-state index is 0.175. The molecule has 0 spiro atoms. The third-order valence-electron chi connectivity index (χ3n) is 8.44. The summed E-state index contributed by atoms with van der Waals surface area (Å²) in [6.07, 6.45) is 20.9. The predicted octanol–water partition coefficient (Wildman–Crippen LogP) is 8.87. The van der Waals surface area contributed by atoms with Gasteiger partial charge in [0.05, 0.1) is 10.8 Å². The second-order valence-electron chi connectivity index (χ2n) is 11.6. The van der Waals surface area contributed by atoms with Gasteiger partial charge in [-0.3, -0.25) is 9.59 Å². The minimum atomic E-state index is -1.13. The van der Waals surface area contributed by atoms with Gasteiger partial charge in [-0.15, -0.1) is 0 Å². The third-order valence-corrected chi connectivity index (χ3v) is 8.44. The summed E-state index contributed by atoms with van der Waals surface area (Å²) in [5.41, 5.74) is -2.24. The van der Waals surface area contributed by atoms with Crippen LogP contribution in [0.5, 0.6) is 0 Å². The largest absolute Gasteiger partial charge is 0.481 e. The molecule has 1 aliphatic carbocycles. The maximum atomic E-state index is 12.4. The van der Waals surface area contributed by atoms with Crippen molar-refractivity contribution in [3.63, 3.8) is 0 Å². The van der Waals surface area contributed by atoms with Gasteiger partial charge < -0.3 is 10.2 Å². The van der Waals surface area contributed by atoms with Crippen molar-refractivity contribution in [2.45, 2.75) is 150 Å². The molecular formula is C29H54O4. The molecule has 1 rings (SSSR count). The molecule has 0 heterocycles. The van der Waals surface area contributed by atoms with E-state index in [0.717, 1.165) is 38.0 Å². The Bertz CT molecular complexity index is 556. The van der Waals surface area contributed by atoms with Crippen LogP contribution >= 0.6 is 0 Å². The molecule has 1 fully saturated rings. The normalized spacial score (nSPS) is 23.3. The molecule has 2 atom stereocenters. The fourth-order valence-electron chi connectivity index (χ4n) is 6.37. The van der Waals surface area contributed by atoms with Gasteiger partial charge in [0, 0.05) is 0 Å².